The number of nitrogens with one attached hydrogen (secondary N) is 1. The molecule has 0 bridgehead atoms. The molecule has 0 saturated carbocycles. The van der Waals surface area contributed by atoms with Gasteiger partial charge in [-0.25, -0.2) is 4.98 Å². The molecule has 1 aliphatic rings. The van der Waals surface area contributed by atoms with Crippen molar-refractivity contribution >= 4 is 27.5 Å². The minimum Gasteiger partial charge on any atom is -0.497 e. The Kier molecular flexibility index (Phi) is 5.36. The molecule has 1 fully saturated rings. The van der Waals surface area contributed by atoms with Crippen molar-refractivity contribution in [2.75, 3.05) is 33.3 Å². The number of benzene rings is 2. The highest BCUT2D eigenvalue weighted by atomic mass is 32.1. The van der Waals surface area contributed by atoms with E-state index in [2.05, 4.69) is 18.2 Å². The van der Waals surface area contributed by atoms with Crippen LogP contribution < -0.4 is 9.64 Å². The highest BCUT2D eigenvalue weighted by molar-refractivity contribution is 7.18. The summed E-state index contributed by atoms with van der Waals surface area (Å²) in [6, 6.07) is 16.0. The van der Waals surface area contributed by atoms with E-state index >= 15 is 0 Å². The number of rotatable bonds is 5. The molecule has 1 aromatic heterocycles. The number of carbonyl (C=O) groups excluding carboxylic acids is 1. The predicted octanol–water partition coefficient (Wildman–Crippen LogP) is 1.77. The first kappa shape index (κ1) is 17.9. The Hall–Kier alpha value is -2.44. The summed E-state index contributed by atoms with van der Waals surface area (Å²) in [7, 11) is 1.65. The quantitative estimate of drug-likeness (QED) is 0.732. The first-order valence-corrected chi connectivity index (χ1v) is 10.1. The zero-order chi connectivity index (χ0) is 18.6. The van der Waals surface area contributed by atoms with Gasteiger partial charge < -0.3 is 14.5 Å². The third kappa shape index (κ3) is 4.28. The Morgan fingerprint density at radius 3 is 2.78 bits per heavy atom. The molecular weight excluding hydrogens is 358 g/mol. The molecule has 1 N–H and O–H groups in total. The molecule has 0 unspecified atom stereocenters. The Balaban J connectivity index is 1.30. The van der Waals surface area contributed by atoms with Crippen molar-refractivity contribution in [3.63, 3.8) is 0 Å². The van der Waals surface area contributed by atoms with Crippen molar-refractivity contribution < 1.29 is 14.4 Å². The maximum atomic E-state index is 12.6. The van der Waals surface area contributed by atoms with E-state index in [1.54, 1.807) is 18.4 Å². The summed E-state index contributed by atoms with van der Waals surface area (Å²) in [5.41, 5.74) is 2.09. The van der Waals surface area contributed by atoms with E-state index in [-0.39, 0.29) is 5.91 Å². The number of quaternary nitrogens is 1. The Labute approximate surface area is 163 Å². The number of para-hydroxylation sites is 1. The molecule has 3 aromatic rings. The number of amides is 1. The number of piperazine rings is 1. The van der Waals surface area contributed by atoms with Gasteiger partial charge >= 0.3 is 0 Å². The van der Waals surface area contributed by atoms with Gasteiger partial charge in [0, 0.05) is 0 Å². The van der Waals surface area contributed by atoms with Crippen LogP contribution in [-0.4, -0.2) is 49.1 Å². The third-order valence-corrected chi connectivity index (χ3v) is 6.09. The number of methoxy groups -OCH3 is 1. The van der Waals surface area contributed by atoms with Crippen molar-refractivity contribution in [1.29, 1.82) is 0 Å². The highest BCUT2D eigenvalue weighted by Gasteiger charge is 2.24. The predicted molar refractivity (Wildman–Crippen MR) is 107 cm³/mol. The summed E-state index contributed by atoms with van der Waals surface area (Å²) >= 11 is 1.78. The van der Waals surface area contributed by atoms with Crippen LogP contribution >= 0.6 is 11.3 Å². The normalized spacial score (nSPS) is 15.2. The lowest BCUT2D eigenvalue weighted by atomic mass is 10.1. The SMILES string of the molecule is COc1cccc(CC(=O)N2CC[NH+](Cc3nc4ccccc4s3)CC2)c1. The molecule has 0 atom stereocenters. The average molecular weight is 383 g/mol. The van der Waals surface area contributed by atoms with Gasteiger partial charge in [-0.3, -0.25) is 4.79 Å². The van der Waals surface area contributed by atoms with E-state index in [1.807, 2.05) is 35.2 Å². The minimum absolute atomic E-state index is 0.197. The zero-order valence-corrected chi connectivity index (χ0v) is 16.3. The van der Waals surface area contributed by atoms with Crippen LogP contribution in [-0.2, 0) is 17.8 Å². The number of ether oxygens (including phenoxy) is 1. The van der Waals surface area contributed by atoms with Crippen LogP contribution in [0.3, 0.4) is 0 Å². The van der Waals surface area contributed by atoms with Gasteiger partial charge in [0.05, 0.1) is 49.9 Å². The summed E-state index contributed by atoms with van der Waals surface area (Å²) in [5, 5.41) is 1.18. The summed E-state index contributed by atoms with van der Waals surface area (Å²) in [6.07, 6.45) is 0.435. The maximum Gasteiger partial charge on any atom is 0.227 e. The van der Waals surface area contributed by atoms with Crippen molar-refractivity contribution in [3.05, 3.63) is 59.1 Å². The van der Waals surface area contributed by atoms with E-state index in [4.69, 9.17) is 9.72 Å². The van der Waals surface area contributed by atoms with Crippen LogP contribution in [0.5, 0.6) is 5.75 Å². The molecule has 1 amide bonds. The fourth-order valence-electron chi connectivity index (χ4n) is 3.53. The lowest BCUT2D eigenvalue weighted by molar-refractivity contribution is -0.917. The number of hydrogen-bond acceptors (Lipinski definition) is 4. The van der Waals surface area contributed by atoms with E-state index in [9.17, 15) is 4.79 Å². The van der Waals surface area contributed by atoms with Crippen LogP contribution in [0.2, 0.25) is 0 Å². The fourth-order valence-corrected chi connectivity index (χ4v) is 4.57. The van der Waals surface area contributed by atoms with E-state index in [0.717, 1.165) is 49.6 Å². The molecule has 1 aliphatic heterocycles. The second kappa shape index (κ2) is 8.06. The van der Waals surface area contributed by atoms with Crippen molar-refractivity contribution in [2.24, 2.45) is 0 Å². The number of carbonyl (C=O) groups is 1. The van der Waals surface area contributed by atoms with Crippen molar-refractivity contribution in [1.82, 2.24) is 9.88 Å². The van der Waals surface area contributed by atoms with Gasteiger partial charge in [-0.1, -0.05) is 24.3 Å². The van der Waals surface area contributed by atoms with Crippen molar-refractivity contribution in [2.45, 2.75) is 13.0 Å². The number of nitrogens with zero attached hydrogens (tertiary/aromatic N) is 2. The summed E-state index contributed by atoms with van der Waals surface area (Å²) in [4.78, 5) is 20.8. The molecule has 2 aromatic carbocycles. The zero-order valence-electron chi connectivity index (χ0n) is 15.5. The molecule has 4 rings (SSSR count). The number of thiazole rings is 1. The van der Waals surface area contributed by atoms with E-state index in [1.165, 1.54) is 14.6 Å². The second-order valence-corrected chi connectivity index (χ2v) is 8.03. The summed E-state index contributed by atoms with van der Waals surface area (Å²) < 4.78 is 6.49. The van der Waals surface area contributed by atoms with Gasteiger partial charge in [0.2, 0.25) is 5.91 Å². The van der Waals surface area contributed by atoms with Crippen LogP contribution in [0, 0.1) is 0 Å². The van der Waals surface area contributed by atoms with Gasteiger partial charge in [0.15, 0.2) is 0 Å². The van der Waals surface area contributed by atoms with Gasteiger partial charge in [0.1, 0.15) is 17.3 Å². The molecule has 2 heterocycles. The maximum absolute atomic E-state index is 12.6. The minimum atomic E-state index is 0.197. The second-order valence-electron chi connectivity index (χ2n) is 6.91. The molecule has 5 nitrogen and oxygen atoms in total. The number of fused-ring (bicyclic) bond motifs is 1. The fraction of sp³-hybridized carbons (Fsp3) is 0.333. The molecule has 0 aliphatic carbocycles. The van der Waals surface area contributed by atoms with E-state index < -0.39 is 0 Å². The standard InChI is InChI=1S/C21H23N3O2S/c1-26-17-6-4-5-16(13-17)14-21(25)24-11-9-23(10-12-24)15-20-22-18-7-2-3-8-19(18)27-20/h2-8,13H,9-12,14-15H2,1H3/p+1. The Morgan fingerprint density at radius 1 is 1.19 bits per heavy atom. The molecular formula is C21H24N3O2S+. The monoisotopic (exact) mass is 382 g/mol. The van der Waals surface area contributed by atoms with Crippen LogP contribution in [0.15, 0.2) is 48.5 Å². The van der Waals surface area contributed by atoms with Crippen LogP contribution in [0.1, 0.15) is 10.6 Å². The third-order valence-electron chi connectivity index (χ3n) is 5.05. The van der Waals surface area contributed by atoms with Gasteiger partial charge in [-0.05, 0) is 29.8 Å². The Morgan fingerprint density at radius 2 is 2.00 bits per heavy atom. The van der Waals surface area contributed by atoms with Crippen LogP contribution in [0.25, 0.3) is 10.2 Å². The molecule has 1 saturated heterocycles. The highest BCUT2D eigenvalue weighted by Crippen LogP contribution is 2.20. The summed E-state index contributed by atoms with van der Waals surface area (Å²) in [6.45, 7) is 4.50. The first-order valence-electron chi connectivity index (χ1n) is 9.30. The molecule has 6 heteroatoms. The number of aromatic nitrogens is 1. The van der Waals surface area contributed by atoms with Gasteiger partial charge in [0.25, 0.3) is 0 Å². The van der Waals surface area contributed by atoms with Gasteiger partial charge in [-0.2, -0.15) is 0 Å². The van der Waals surface area contributed by atoms with Crippen LogP contribution in [0.4, 0.5) is 0 Å². The molecule has 27 heavy (non-hydrogen) atoms. The lowest BCUT2D eigenvalue weighted by Crippen LogP contribution is -3.13. The topological polar surface area (TPSA) is 46.9 Å². The smallest absolute Gasteiger partial charge is 0.227 e. The molecule has 0 spiro atoms. The summed E-state index contributed by atoms with van der Waals surface area (Å²) in [5.74, 6) is 0.993. The first-order chi connectivity index (χ1) is 13.2. The largest absolute Gasteiger partial charge is 0.497 e. The lowest BCUT2D eigenvalue weighted by Gasteiger charge is -2.32. The van der Waals surface area contributed by atoms with Crippen molar-refractivity contribution in [3.8, 4) is 5.75 Å². The average Bonchev–Trinajstić information content (AvgIpc) is 3.11. The number of hydrogen-bond donors (Lipinski definition) is 1. The Bertz CT molecular complexity index is 899. The molecule has 140 valence electrons. The van der Waals surface area contributed by atoms with E-state index in [0.29, 0.717) is 6.42 Å². The molecule has 0 radical (unpaired) electrons. The van der Waals surface area contributed by atoms with Gasteiger partial charge in [-0.15, -0.1) is 11.3 Å².